The zero-order valence-electron chi connectivity index (χ0n) is 12.9. The number of nitrogens with one attached hydrogen (secondary N) is 1. The maximum atomic E-state index is 3.84. The fourth-order valence-electron chi connectivity index (χ4n) is 3.19. The lowest BCUT2D eigenvalue weighted by molar-refractivity contribution is 0.0623. The van der Waals surface area contributed by atoms with Gasteiger partial charge >= 0.3 is 0 Å². The predicted molar refractivity (Wildman–Crippen MR) is 92.4 cm³/mol. The van der Waals surface area contributed by atoms with Crippen LogP contribution in [0.1, 0.15) is 51.3 Å². The molecule has 0 spiro atoms. The van der Waals surface area contributed by atoms with E-state index >= 15 is 0 Å². The molecule has 1 aromatic heterocycles. The Balaban J connectivity index is 2.12. The number of rotatable bonds is 6. The van der Waals surface area contributed by atoms with Crippen LogP contribution in [0.5, 0.6) is 0 Å². The van der Waals surface area contributed by atoms with Crippen molar-refractivity contribution in [2.24, 2.45) is 0 Å². The van der Waals surface area contributed by atoms with Crippen molar-refractivity contribution in [2.45, 2.75) is 64.6 Å². The van der Waals surface area contributed by atoms with Crippen LogP contribution in [-0.2, 0) is 6.54 Å². The second kappa shape index (κ2) is 7.39. The van der Waals surface area contributed by atoms with Gasteiger partial charge in [-0.05, 0) is 46.6 Å². The van der Waals surface area contributed by atoms with Gasteiger partial charge in [0.25, 0.3) is 0 Å². The Bertz CT molecular complexity index is 414. The third-order valence-electron chi connectivity index (χ3n) is 4.75. The maximum Gasteiger partial charge on any atom is 0.0343 e. The lowest BCUT2D eigenvalue weighted by atomic mass is 9.87. The van der Waals surface area contributed by atoms with Crippen molar-refractivity contribution < 1.29 is 0 Å². The monoisotopic (exact) mass is 358 g/mol. The van der Waals surface area contributed by atoms with Crippen molar-refractivity contribution in [1.29, 1.82) is 0 Å². The number of hydrogen-bond acceptors (Lipinski definition) is 3. The van der Waals surface area contributed by atoms with Crippen LogP contribution < -0.4 is 5.32 Å². The molecule has 1 atom stereocenters. The van der Waals surface area contributed by atoms with E-state index in [2.05, 4.69) is 58.4 Å². The number of nitrogens with zero attached hydrogens (tertiary/aromatic N) is 1. The first kappa shape index (κ1) is 16.5. The zero-order chi connectivity index (χ0) is 14.6. The SMILES string of the molecule is CCCC1CNC(CC)(CC)CN1Cc1sccc1Br. The van der Waals surface area contributed by atoms with Gasteiger partial charge in [-0.2, -0.15) is 0 Å². The molecule has 2 heterocycles. The Labute approximate surface area is 136 Å². The summed E-state index contributed by atoms with van der Waals surface area (Å²) in [5.74, 6) is 0. The van der Waals surface area contributed by atoms with Crippen LogP contribution in [0.15, 0.2) is 15.9 Å². The highest BCUT2D eigenvalue weighted by atomic mass is 79.9. The van der Waals surface area contributed by atoms with Crippen molar-refractivity contribution in [3.8, 4) is 0 Å². The van der Waals surface area contributed by atoms with Crippen LogP contribution in [0.25, 0.3) is 0 Å². The van der Waals surface area contributed by atoms with Crippen LogP contribution in [0, 0.1) is 0 Å². The molecule has 1 N–H and O–H groups in total. The van der Waals surface area contributed by atoms with E-state index in [-0.39, 0.29) is 0 Å². The standard InChI is InChI=1S/C16H27BrN2S/c1-4-7-13-10-18-16(5-2,6-3)12-19(13)11-15-14(17)8-9-20-15/h8-9,13,18H,4-7,10-12H2,1-3H3. The van der Waals surface area contributed by atoms with E-state index in [1.807, 2.05) is 11.3 Å². The summed E-state index contributed by atoms with van der Waals surface area (Å²) in [6.45, 7) is 10.3. The first-order chi connectivity index (χ1) is 9.64. The molecule has 2 nitrogen and oxygen atoms in total. The minimum Gasteiger partial charge on any atom is -0.308 e. The highest BCUT2D eigenvalue weighted by Gasteiger charge is 2.36. The van der Waals surface area contributed by atoms with Crippen molar-refractivity contribution in [3.05, 3.63) is 20.8 Å². The number of piperazine rings is 1. The molecule has 1 unspecified atom stereocenters. The summed E-state index contributed by atoms with van der Waals surface area (Å²) in [6, 6.07) is 2.85. The van der Waals surface area contributed by atoms with Crippen LogP contribution >= 0.6 is 27.3 Å². The molecule has 1 aromatic rings. The average molecular weight is 359 g/mol. The fraction of sp³-hybridized carbons (Fsp3) is 0.750. The normalized spacial score (nSPS) is 23.1. The maximum absolute atomic E-state index is 3.84. The molecule has 0 aromatic carbocycles. The first-order valence-corrected chi connectivity index (χ1v) is 9.52. The quantitative estimate of drug-likeness (QED) is 0.796. The number of thiophene rings is 1. The summed E-state index contributed by atoms with van der Waals surface area (Å²) in [5.41, 5.74) is 0.313. The van der Waals surface area contributed by atoms with Crippen LogP contribution in [0.4, 0.5) is 0 Å². The summed E-state index contributed by atoms with van der Waals surface area (Å²) >= 11 is 5.55. The molecule has 1 aliphatic heterocycles. The molecule has 1 aliphatic rings. The van der Waals surface area contributed by atoms with E-state index in [0.29, 0.717) is 11.6 Å². The summed E-state index contributed by atoms with van der Waals surface area (Å²) in [7, 11) is 0. The predicted octanol–water partition coefficient (Wildman–Crippen LogP) is 4.64. The summed E-state index contributed by atoms with van der Waals surface area (Å²) < 4.78 is 1.27. The lowest BCUT2D eigenvalue weighted by Gasteiger charge is -2.47. The molecule has 0 amide bonds. The van der Waals surface area contributed by atoms with Gasteiger partial charge < -0.3 is 5.32 Å². The molecular weight excluding hydrogens is 332 g/mol. The minimum absolute atomic E-state index is 0.313. The fourth-order valence-corrected chi connectivity index (χ4v) is 4.69. The van der Waals surface area contributed by atoms with E-state index < -0.39 is 0 Å². The van der Waals surface area contributed by atoms with Crippen molar-refractivity contribution in [2.75, 3.05) is 13.1 Å². The Morgan fingerprint density at radius 3 is 2.70 bits per heavy atom. The van der Waals surface area contributed by atoms with Crippen molar-refractivity contribution in [3.63, 3.8) is 0 Å². The molecule has 20 heavy (non-hydrogen) atoms. The molecule has 4 heteroatoms. The van der Waals surface area contributed by atoms with Gasteiger partial charge in [-0.25, -0.2) is 0 Å². The third-order valence-corrected chi connectivity index (χ3v) is 6.66. The molecule has 0 radical (unpaired) electrons. The average Bonchev–Trinajstić information content (AvgIpc) is 2.86. The van der Waals surface area contributed by atoms with Crippen LogP contribution in [-0.4, -0.2) is 29.6 Å². The van der Waals surface area contributed by atoms with E-state index in [1.54, 1.807) is 0 Å². The van der Waals surface area contributed by atoms with E-state index in [4.69, 9.17) is 0 Å². The van der Waals surface area contributed by atoms with E-state index in [0.717, 1.165) is 13.1 Å². The Morgan fingerprint density at radius 1 is 1.40 bits per heavy atom. The largest absolute Gasteiger partial charge is 0.308 e. The van der Waals surface area contributed by atoms with Gasteiger partial charge in [-0.3, -0.25) is 4.90 Å². The van der Waals surface area contributed by atoms with Gasteiger partial charge in [0.05, 0.1) is 0 Å². The van der Waals surface area contributed by atoms with Crippen LogP contribution in [0.3, 0.4) is 0 Å². The molecule has 114 valence electrons. The Morgan fingerprint density at radius 2 is 2.15 bits per heavy atom. The van der Waals surface area contributed by atoms with Gasteiger partial charge in [-0.1, -0.05) is 27.2 Å². The van der Waals surface area contributed by atoms with Gasteiger partial charge in [0.1, 0.15) is 0 Å². The molecule has 0 bridgehead atoms. The summed E-state index contributed by atoms with van der Waals surface area (Å²) in [5, 5.41) is 6.02. The number of hydrogen-bond donors (Lipinski definition) is 1. The molecule has 1 saturated heterocycles. The summed E-state index contributed by atoms with van der Waals surface area (Å²) in [6.07, 6.45) is 4.98. The van der Waals surface area contributed by atoms with Gasteiger partial charge in [0.15, 0.2) is 0 Å². The number of halogens is 1. The smallest absolute Gasteiger partial charge is 0.0343 e. The first-order valence-electron chi connectivity index (χ1n) is 7.85. The molecular formula is C16H27BrN2S. The molecule has 0 aliphatic carbocycles. The van der Waals surface area contributed by atoms with Gasteiger partial charge in [-0.15, -0.1) is 11.3 Å². The van der Waals surface area contributed by atoms with E-state index in [9.17, 15) is 0 Å². The lowest BCUT2D eigenvalue weighted by Crippen LogP contribution is -2.63. The molecule has 1 fully saturated rings. The highest BCUT2D eigenvalue weighted by molar-refractivity contribution is 9.10. The summed E-state index contributed by atoms with van der Waals surface area (Å²) in [4.78, 5) is 4.18. The second-order valence-corrected chi connectivity index (χ2v) is 7.76. The third kappa shape index (κ3) is 3.65. The van der Waals surface area contributed by atoms with Crippen LogP contribution in [0.2, 0.25) is 0 Å². The van der Waals surface area contributed by atoms with E-state index in [1.165, 1.54) is 41.6 Å². The zero-order valence-corrected chi connectivity index (χ0v) is 15.3. The molecule has 2 rings (SSSR count). The van der Waals surface area contributed by atoms with Crippen molar-refractivity contribution in [1.82, 2.24) is 10.2 Å². The topological polar surface area (TPSA) is 15.3 Å². The Hall–Kier alpha value is 0.100. The minimum atomic E-state index is 0.313. The molecule has 0 saturated carbocycles. The second-order valence-electron chi connectivity index (χ2n) is 5.91. The highest BCUT2D eigenvalue weighted by Crippen LogP contribution is 2.29. The Kier molecular flexibility index (Phi) is 6.09. The van der Waals surface area contributed by atoms with Gasteiger partial charge in [0, 0.05) is 40.6 Å². The van der Waals surface area contributed by atoms with Gasteiger partial charge in [0.2, 0.25) is 0 Å². The van der Waals surface area contributed by atoms with Crippen molar-refractivity contribution >= 4 is 27.3 Å².